The molecule has 0 unspecified atom stereocenters. The Hall–Kier alpha value is -2.78. The molecule has 1 aliphatic carbocycles. The molecule has 0 saturated carbocycles. The molecule has 0 bridgehead atoms. The molecule has 0 fully saturated rings. The minimum absolute atomic E-state index is 0.264. The average Bonchev–Trinajstić information content (AvgIpc) is 3.18. The number of phenolic OH excluding ortho intramolecular Hbond substituents is 2. The van der Waals surface area contributed by atoms with Gasteiger partial charge >= 0.3 is 0 Å². The van der Waals surface area contributed by atoms with Crippen molar-refractivity contribution in [3.05, 3.63) is 89.0 Å². The van der Waals surface area contributed by atoms with Crippen LogP contribution in [-0.2, 0) is 0 Å². The number of benzene rings is 2. The number of rotatable bonds is 7. The van der Waals surface area contributed by atoms with Crippen LogP contribution in [0.3, 0.4) is 0 Å². The second kappa shape index (κ2) is 8.74. The Labute approximate surface area is 161 Å². The molecular formula is C24H27NO2. The summed E-state index contributed by atoms with van der Waals surface area (Å²) in [6, 6.07) is 14.8. The van der Waals surface area contributed by atoms with E-state index < -0.39 is 0 Å². The highest BCUT2D eigenvalue weighted by Gasteiger charge is 2.16. The molecule has 3 heteroatoms. The SMILES string of the molecule is CN(C)CCCC(C1=CC=CC1)=C(c1ccc(O)cc1)c1ccc(O)cc1. The predicted molar refractivity (Wildman–Crippen MR) is 112 cm³/mol. The number of aromatic hydroxyl groups is 2. The largest absolute Gasteiger partial charge is 0.508 e. The van der Waals surface area contributed by atoms with Gasteiger partial charge in [-0.2, -0.15) is 0 Å². The van der Waals surface area contributed by atoms with Crippen LogP contribution in [0, 0.1) is 0 Å². The second-order valence-corrected chi connectivity index (χ2v) is 7.18. The summed E-state index contributed by atoms with van der Waals surface area (Å²) in [5.74, 6) is 0.527. The van der Waals surface area contributed by atoms with E-state index in [1.807, 2.05) is 24.3 Å². The van der Waals surface area contributed by atoms with E-state index in [0.717, 1.165) is 36.9 Å². The lowest BCUT2D eigenvalue weighted by atomic mass is 9.86. The summed E-state index contributed by atoms with van der Waals surface area (Å²) < 4.78 is 0. The minimum Gasteiger partial charge on any atom is -0.508 e. The zero-order valence-electron chi connectivity index (χ0n) is 16.0. The minimum atomic E-state index is 0.264. The first-order valence-corrected chi connectivity index (χ1v) is 9.37. The normalized spacial score (nSPS) is 13.1. The molecule has 0 heterocycles. The lowest BCUT2D eigenvalue weighted by Crippen LogP contribution is -2.13. The molecule has 3 nitrogen and oxygen atoms in total. The van der Waals surface area contributed by atoms with Crippen molar-refractivity contribution in [1.82, 2.24) is 4.90 Å². The summed E-state index contributed by atoms with van der Waals surface area (Å²) in [5.41, 5.74) is 5.99. The molecule has 0 aliphatic heterocycles. The monoisotopic (exact) mass is 361 g/mol. The Morgan fingerprint density at radius 3 is 1.89 bits per heavy atom. The van der Waals surface area contributed by atoms with Gasteiger partial charge in [-0.1, -0.05) is 42.5 Å². The van der Waals surface area contributed by atoms with Gasteiger partial charge in [-0.05, 0) is 92.0 Å². The molecule has 2 aromatic carbocycles. The van der Waals surface area contributed by atoms with Crippen molar-refractivity contribution in [1.29, 1.82) is 0 Å². The fourth-order valence-electron chi connectivity index (χ4n) is 3.46. The molecule has 2 N–H and O–H groups in total. The van der Waals surface area contributed by atoms with Crippen LogP contribution in [0.5, 0.6) is 11.5 Å². The highest BCUT2D eigenvalue weighted by atomic mass is 16.3. The van der Waals surface area contributed by atoms with Crippen molar-refractivity contribution in [2.75, 3.05) is 20.6 Å². The summed E-state index contributed by atoms with van der Waals surface area (Å²) in [5, 5.41) is 19.4. The van der Waals surface area contributed by atoms with Crippen LogP contribution in [0.25, 0.3) is 5.57 Å². The topological polar surface area (TPSA) is 43.7 Å². The van der Waals surface area contributed by atoms with Gasteiger partial charge in [-0.25, -0.2) is 0 Å². The number of nitrogens with zero attached hydrogens (tertiary/aromatic N) is 1. The standard InChI is InChI=1S/C24H27NO2/c1-25(2)17-5-8-23(18-6-3-4-7-18)24(19-9-13-21(26)14-10-19)20-11-15-22(27)16-12-20/h3-4,6,9-16,26-27H,5,7-8,17H2,1-2H3. The smallest absolute Gasteiger partial charge is 0.115 e. The van der Waals surface area contributed by atoms with Crippen molar-refractivity contribution in [3.8, 4) is 11.5 Å². The summed E-state index contributed by atoms with van der Waals surface area (Å²) in [7, 11) is 4.20. The summed E-state index contributed by atoms with van der Waals surface area (Å²) in [6.45, 7) is 1.03. The van der Waals surface area contributed by atoms with Gasteiger partial charge in [0.2, 0.25) is 0 Å². The molecule has 2 aromatic rings. The van der Waals surface area contributed by atoms with E-state index in [2.05, 4.69) is 37.2 Å². The predicted octanol–water partition coefficient (Wildman–Crippen LogP) is 5.13. The molecule has 1 aliphatic rings. The van der Waals surface area contributed by atoms with Gasteiger partial charge in [0.15, 0.2) is 0 Å². The third-order valence-electron chi connectivity index (χ3n) is 4.80. The number of phenols is 2. The van der Waals surface area contributed by atoms with Crippen molar-refractivity contribution < 1.29 is 10.2 Å². The van der Waals surface area contributed by atoms with Crippen LogP contribution < -0.4 is 0 Å². The number of hydrogen-bond donors (Lipinski definition) is 2. The summed E-state index contributed by atoms with van der Waals surface area (Å²) in [4.78, 5) is 2.21. The zero-order valence-corrected chi connectivity index (χ0v) is 16.0. The first-order chi connectivity index (χ1) is 13.0. The molecular weight excluding hydrogens is 334 g/mol. The third-order valence-corrected chi connectivity index (χ3v) is 4.80. The second-order valence-electron chi connectivity index (χ2n) is 7.18. The zero-order chi connectivity index (χ0) is 19.2. The van der Waals surface area contributed by atoms with Crippen molar-refractivity contribution in [2.45, 2.75) is 19.3 Å². The van der Waals surface area contributed by atoms with Crippen LogP contribution >= 0.6 is 0 Å². The maximum absolute atomic E-state index is 9.72. The van der Waals surface area contributed by atoms with E-state index in [9.17, 15) is 10.2 Å². The van der Waals surface area contributed by atoms with Gasteiger partial charge in [-0.15, -0.1) is 0 Å². The van der Waals surface area contributed by atoms with E-state index in [1.54, 1.807) is 24.3 Å². The number of allylic oxidation sites excluding steroid dienone is 5. The van der Waals surface area contributed by atoms with Crippen molar-refractivity contribution in [2.24, 2.45) is 0 Å². The highest BCUT2D eigenvalue weighted by molar-refractivity contribution is 5.85. The molecule has 0 amide bonds. The van der Waals surface area contributed by atoms with Gasteiger partial charge < -0.3 is 15.1 Å². The quantitative estimate of drug-likeness (QED) is 0.719. The van der Waals surface area contributed by atoms with E-state index in [4.69, 9.17) is 0 Å². The first-order valence-electron chi connectivity index (χ1n) is 9.37. The van der Waals surface area contributed by atoms with E-state index in [0.29, 0.717) is 0 Å². The molecule has 27 heavy (non-hydrogen) atoms. The van der Waals surface area contributed by atoms with Crippen LogP contribution in [-0.4, -0.2) is 35.8 Å². The van der Waals surface area contributed by atoms with Crippen LogP contribution in [0.4, 0.5) is 0 Å². The maximum atomic E-state index is 9.72. The Morgan fingerprint density at radius 2 is 1.44 bits per heavy atom. The fourth-order valence-corrected chi connectivity index (χ4v) is 3.46. The molecule has 0 atom stereocenters. The molecule has 3 rings (SSSR count). The van der Waals surface area contributed by atoms with Gasteiger partial charge in [0.1, 0.15) is 11.5 Å². The molecule has 0 aromatic heterocycles. The molecule has 0 radical (unpaired) electrons. The fraction of sp³-hybridized carbons (Fsp3) is 0.250. The lowest BCUT2D eigenvalue weighted by molar-refractivity contribution is 0.400. The Morgan fingerprint density at radius 1 is 0.889 bits per heavy atom. The average molecular weight is 361 g/mol. The van der Waals surface area contributed by atoms with Gasteiger partial charge in [0.05, 0.1) is 0 Å². The van der Waals surface area contributed by atoms with Crippen LogP contribution in [0.1, 0.15) is 30.4 Å². The van der Waals surface area contributed by atoms with Gasteiger partial charge in [0.25, 0.3) is 0 Å². The van der Waals surface area contributed by atoms with E-state index in [1.165, 1.54) is 16.7 Å². The Kier molecular flexibility index (Phi) is 6.15. The van der Waals surface area contributed by atoms with E-state index in [-0.39, 0.29) is 11.5 Å². The molecule has 0 saturated heterocycles. The van der Waals surface area contributed by atoms with Crippen molar-refractivity contribution >= 4 is 5.57 Å². The van der Waals surface area contributed by atoms with Gasteiger partial charge in [-0.3, -0.25) is 0 Å². The third kappa shape index (κ3) is 4.89. The first kappa shape index (κ1) is 19.0. The van der Waals surface area contributed by atoms with Crippen LogP contribution in [0.15, 0.2) is 77.9 Å². The van der Waals surface area contributed by atoms with Crippen LogP contribution in [0.2, 0.25) is 0 Å². The van der Waals surface area contributed by atoms with E-state index >= 15 is 0 Å². The number of hydrogen-bond acceptors (Lipinski definition) is 3. The molecule has 140 valence electrons. The Balaban J connectivity index is 2.12. The maximum Gasteiger partial charge on any atom is 0.115 e. The Bertz CT molecular complexity index is 809. The summed E-state index contributed by atoms with van der Waals surface area (Å²) >= 11 is 0. The van der Waals surface area contributed by atoms with Gasteiger partial charge in [0, 0.05) is 0 Å². The summed E-state index contributed by atoms with van der Waals surface area (Å²) in [6.07, 6.45) is 9.49. The van der Waals surface area contributed by atoms with Crippen molar-refractivity contribution in [3.63, 3.8) is 0 Å². The lowest BCUT2D eigenvalue weighted by Gasteiger charge is -2.19. The highest BCUT2D eigenvalue weighted by Crippen LogP contribution is 2.36. The molecule has 0 spiro atoms.